The number of nitrogens with one attached hydrogen (secondary N) is 2. The van der Waals surface area contributed by atoms with E-state index in [1.807, 2.05) is 9.80 Å². The molecule has 0 aromatic heterocycles. The second-order valence-electron chi connectivity index (χ2n) is 23.4. The highest BCUT2D eigenvalue weighted by Crippen LogP contribution is 2.61. The summed E-state index contributed by atoms with van der Waals surface area (Å²) in [4.78, 5) is 59.9. The van der Waals surface area contributed by atoms with Crippen LogP contribution in [0.4, 0.5) is 41.1 Å². The summed E-state index contributed by atoms with van der Waals surface area (Å²) in [6.07, 6.45) is 13.8. The summed E-state index contributed by atoms with van der Waals surface area (Å²) >= 11 is 0. The molecule has 8 saturated carbocycles. The first-order valence-electron chi connectivity index (χ1n) is 26.6. The Labute approximate surface area is 410 Å². The number of ether oxygens (including phenoxy) is 2. The molecule has 4 N–H and O–H groups in total. The predicted molar refractivity (Wildman–Crippen MR) is 259 cm³/mol. The lowest BCUT2D eigenvalue weighted by molar-refractivity contribution is -0.168. The van der Waals surface area contributed by atoms with Gasteiger partial charge in [-0.1, -0.05) is 0 Å². The highest BCUT2D eigenvalue weighted by molar-refractivity contribution is 5.88. The Kier molecular flexibility index (Phi) is 12.3. The third-order valence-corrected chi connectivity index (χ3v) is 19.3. The van der Waals surface area contributed by atoms with Gasteiger partial charge in [0, 0.05) is 61.7 Å². The number of aliphatic hydroxyl groups excluding tert-OH is 2. The van der Waals surface area contributed by atoms with Gasteiger partial charge in [0.25, 0.3) is 0 Å². The van der Waals surface area contributed by atoms with E-state index >= 15 is 8.78 Å². The van der Waals surface area contributed by atoms with E-state index in [0.717, 1.165) is 116 Å². The monoisotopic (exact) mass is 971 g/mol. The minimum Gasteiger partial charge on any atom is -0.450 e. The molecule has 0 radical (unpaired) electrons. The summed E-state index contributed by atoms with van der Waals surface area (Å²) in [7, 11) is 0. The van der Waals surface area contributed by atoms with Gasteiger partial charge in [-0.2, -0.15) is 0 Å². The first-order chi connectivity index (χ1) is 33.6. The van der Waals surface area contributed by atoms with Gasteiger partial charge in [0.15, 0.2) is 0 Å². The molecule has 380 valence electrons. The molecule has 2 aromatic carbocycles. The van der Waals surface area contributed by atoms with Crippen molar-refractivity contribution in [2.45, 2.75) is 140 Å². The number of piperidine rings is 2. The minimum absolute atomic E-state index is 0.0791. The Morgan fingerprint density at radius 3 is 1.34 bits per heavy atom. The third kappa shape index (κ3) is 8.18. The van der Waals surface area contributed by atoms with Crippen LogP contribution < -0.4 is 20.4 Å². The molecule has 12 aliphatic rings. The second-order valence-corrected chi connectivity index (χ2v) is 23.4. The van der Waals surface area contributed by atoms with E-state index in [9.17, 15) is 29.4 Å². The summed E-state index contributed by atoms with van der Waals surface area (Å²) in [5.74, 6) is 2.31. The van der Waals surface area contributed by atoms with Crippen LogP contribution in [0.1, 0.15) is 117 Å². The number of aliphatic hydroxyl groups is 2. The Bertz CT molecular complexity index is 2200. The van der Waals surface area contributed by atoms with Crippen LogP contribution in [-0.2, 0) is 19.1 Å². The molecular weight excluding hydrogens is 899 g/mol. The van der Waals surface area contributed by atoms with E-state index < -0.39 is 34.7 Å². The molecule has 14 nitrogen and oxygen atoms in total. The summed E-state index contributed by atoms with van der Waals surface area (Å²) in [6.45, 7) is 7.95. The molecule has 4 saturated heterocycles. The number of amides is 4. The molecule has 4 aliphatic heterocycles. The van der Waals surface area contributed by atoms with Gasteiger partial charge in [-0.25, -0.2) is 18.4 Å². The number of nitrogens with zero attached hydrogens (tertiary/aromatic N) is 4. The fourth-order valence-electron chi connectivity index (χ4n) is 16.8. The number of benzene rings is 2. The zero-order valence-electron chi connectivity index (χ0n) is 40.9. The lowest BCUT2D eigenvalue weighted by Crippen LogP contribution is -2.65. The van der Waals surface area contributed by atoms with Crippen molar-refractivity contribution in [1.82, 2.24) is 9.80 Å². The van der Waals surface area contributed by atoms with Crippen molar-refractivity contribution < 1.29 is 47.6 Å². The Balaban J connectivity index is 0.000000152. The van der Waals surface area contributed by atoms with Crippen molar-refractivity contribution in [2.24, 2.45) is 46.3 Å². The number of likely N-dealkylation sites (tertiary alicyclic amines) is 2. The smallest absolute Gasteiger partial charge is 0.411 e. The van der Waals surface area contributed by atoms with Gasteiger partial charge >= 0.3 is 12.2 Å². The van der Waals surface area contributed by atoms with Gasteiger partial charge in [-0.3, -0.25) is 20.2 Å². The quantitative estimate of drug-likeness (QED) is 0.202. The minimum atomic E-state index is -0.606. The van der Waals surface area contributed by atoms with Crippen LogP contribution in [0.3, 0.4) is 0 Å². The Hall–Kier alpha value is -4.70. The van der Waals surface area contributed by atoms with E-state index in [1.165, 1.54) is 12.1 Å². The van der Waals surface area contributed by atoms with Crippen LogP contribution in [-0.4, -0.2) is 120 Å². The zero-order chi connectivity index (χ0) is 48.7. The van der Waals surface area contributed by atoms with Crippen LogP contribution in [0.5, 0.6) is 0 Å². The van der Waals surface area contributed by atoms with Crippen molar-refractivity contribution in [3.05, 3.63) is 48.0 Å². The summed E-state index contributed by atoms with van der Waals surface area (Å²) < 4.78 is 40.0. The SMILES string of the molecule is CCOC(=O)Nc1ccc(N2CCC[C@@]3(CCN(C45CC6CC(C4)C(O)C(C6)C5)C3=O)C2)c(F)c1.CCOC(=O)Nc1ccc(N2CCC[C@@]3(CCN(C45CC6CC(C4)C(O)C(C6)C5)C3=O)C2)c(F)c1. The van der Waals surface area contributed by atoms with Gasteiger partial charge in [0.05, 0.1) is 47.6 Å². The van der Waals surface area contributed by atoms with Crippen LogP contribution in [0.15, 0.2) is 36.4 Å². The molecule has 4 amide bonds. The van der Waals surface area contributed by atoms with Crippen molar-refractivity contribution in [1.29, 1.82) is 0 Å². The molecular formula is C54H72F2N6O8. The standard InChI is InChI=1S/2C27H36FN3O4/c2*1-2-35-25(34)29-20-4-5-22(21(28)12-20)30-8-3-6-26(16-30)7-9-31(24(26)33)27-13-17-10-18(14-27)23(32)19(11-17)15-27/h2*4-5,12,17-19,23,32H,2-3,6-11,13-16H2,1H3,(H,29,34)/t2*17?,18?,19?,23?,26-,27?/m11/s1. The number of carbonyl (C=O) groups is 4. The number of anilines is 4. The molecule has 14 rings (SSSR count). The van der Waals surface area contributed by atoms with Crippen molar-refractivity contribution in [2.75, 3.05) is 72.9 Å². The fourth-order valence-corrected chi connectivity index (χ4v) is 16.8. The van der Waals surface area contributed by atoms with Crippen LogP contribution in [0.2, 0.25) is 0 Å². The molecule has 4 heterocycles. The number of hydrogen-bond donors (Lipinski definition) is 4. The number of carbonyl (C=O) groups excluding carboxylic acids is 4. The highest BCUT2D eigenvalue weighted by Gasteiger charge is 2.64. The molecule has 4 unspecified atom stereocenters. The second kappa shape index (κ2) is 18.1. The van der Waals surface area contributed by atoms with E-state index in [4.69, 9.17) is 9.47 Å². The van der Waals surface area contributed by atoms with E-state index in [-0.39, 0.29) is 48.3 Å². The number of hydrogen-bond acceptors (Lipinski definition) is 10. The number of rotatable bonds is 8. The van der Waals surface area contributed by atoms with Gasteiger partial charge < -0.3 is 39.3 Å². The van der Waals surface area contributed by atoms with Crippen molar-refractivity contribution in [3.63, 3.8) is 0 Å². The van der Waals surface area contributed by atoms with Crippen LogP contribution >= 0.6 is 0 Å². The predicted octanol–water partition coefficient (Wildman–Crippen LogP) is 8.31. The summed E-state index contributed by atoms with van der Waals surface area (Å²) in [5.41, 5.74) is 0.565. The number of halogens is 2. The van der Waals surface area contributed by atoms with E-state index in [0.29, 0.717) is 84.4 Å². The Morgan fingerprint density at radius 2 is 0.986 bits per heavy atom. The third-order valence-electron chi connectivity index (χ3n) is 19.3. The molecule has 8 aliphatic carbocycles. The first kappa shape index (κ1) is 47.6. The molecule has 16 heteroatoms. The van der Waals surface area contributed by atoms with Gasteiger partial charge in [0.1, 0.15) is 11.6 Å². The van der Waals surface area contributed by atoms with Crippen LogP contribution in [0.25, 0.3) is 0 Å². The molecule has 12 fully saturated rings. The molecule has 70 heavy (non-hydrogen) atoms. The molecule has 8 bridgehead atoms. The summed E-state index contributed by atoms with van der Waals surface area (Å²) in [5, 5.41) is 26.5. The maximum atomic E-state index is 15.1. The highest BCUT2D eigenvalue weighted by atomic mass is 19.1. The molecule has 6 atom stereocenters. The Morgan fingerprint density at radius 1 is 0.600 bits per heavy atom. The lowest BCUT2D eigenvalue weighted by Gasteiger charge is -2.61. The van der Waals surface area contributed by atoms with Gasteiger partial charge in [0.2, 0.25) is 11.8 Å². The van der Waals surface area contributed by atoms with Gasteiger partial charge in [-0.15, -0.1) is 0 Å². The van der Waals surface area contributed by atoms with Crippen molar-refractivity contribution >= 4 is 46.8 Å². The van der Waals surface area contributed by atoms with Gasteiger partial charge in [-0.05, 0) is 188 Å². The topological polar surface area (TPSA) is 164 Å². The average molecular weight is 971 g/mol. The largest absolute Gasteiger partial charge is 0.450 e. The van der Waals surface area contributed by atoms with Crippen molar-refractivity contribution in [3.8, 4) is 0 Å². The lowest BCUT2D eigenvalue weighted by atomic mass is 9.51. The zero-order valence-corrected chi connectivity index (χ0v) is 40.9. The molecule has 2 spiro atoms. The fraction of sp³-hybridized carbons (Fsp3) is 0.704. The summed E-state index contributed by atoms with van der Waals surface area (Å²) in [6, 6.07) is 9.37. The van der Waals surface area contributed by atoms with E-state index in [2.05, 4.69) is 20.4 Å². The molecule has 2 aromatic rings. The average Bonchev–Trinajstić information content (AvgIpc) is 3.81. The normalized spacial score (nSPS) is 37.9. The first-order valence-corrected chi connectivity index (χ1v) is 26.6. The maximum absolute atomic E-state index is 15.1. The maximum Gasteiger partial charge on any atom is 0.411 e. The van der Waals surface area contributed by atoms with E-state index in [1.54, 1.807) is 38.1 Å². The van der Waals surface area contributed by atoms with Crippen LogP contribution in [0, 0.1) is 58.0 Å².